The Balaban J connectivity index is 1.77. The summed E-state index contributed by atoms with van der Waals surface area (Å²) < 4.78 is 1.64. The van der Waals surface area contributed by atoms with E-state index in [0.717, 1.165) is 32.4 Å². The van der Waals surface area contributed by atoms with Gasteiger partial charge in [0.25, 0.3) is 11.6 Å². The van der Waals surface area contributed by atoms with Gasteiger partial charge in [0.15, 0.2) is 0 Å². The molecule has 0 unspecified atom stereocenters. The van der Waals surface area contributed by atoms with Crippen molar-refractivity contribution in [1.82, 2.24) is 19.5 Å². The van der Waals surface area contributed by atoms with Crippen molar-refractivity contribution in [2.45, 2.75) is 19.3 Å². The topological polar surface area (TPSA) is 93.6 Å². The van der Waals surface area contributed by atoms with Crippen molar-refractivity contribution in [1.29, 1.82) is 0 Å². The second-order valence-electron chi connectivity index (χ2n) is 6.31. The number of hydrogen-bond acceptors (Lipinski definition) is 5. The molecule has 1 fully saturated rings. The summed E-state index contributed by atoms with van der Waals surface area (Å²) in [6, 6.07) is 6.90. The largest absolute Gasteiger partial charge is 0.339 e. The number of rotatable bonds is 3. The summed E-state index contributed by atoms with van der Waals surface area (Å²) in [7, 11) is 0. The molecule has 0 aromatic carbocycles. The van der Waals surface area contributed by atoms with Gasteiger partial charge in [-0.2, -0.15) is 5.10 Å². The summed E-state index contributed by atoms with van der Waals surface area (Å²) in [5.41, 5.74) is 2.37. The van der Waals surface area contributed by atoms with E-state index in [9.17, 15) is 14.9 Å². The molecule has 8 nitrogen and oxygen atoms in total. The lowest BCUT2D eigenvalue weighted by atomic mass is 10.1. The SMILES string of the molecule is O=C(c1cnn2c(-c3cncc([N+](=O)[O-])c3)cccc12)N1CCCCC1. The van der Waals surface area contributed by atoms with E-state index in [1.807, 2.05) is 17.0 Å². The summed E-state index contributed by atoms with van der Waals surface area (Å²) in [6.07, 6.45) is 7.53. The normalized spacial score (nSPS) is 14.5. The molecule has 0 saturated carbocycles. The highest BCUT2D eigenvalue weighted by atomic mass is 16.6. The van der Waals surface area contributed by atoms with Gasteiger partial charge in [0.1, 0.15) is 6.20 Å². The van der Waals surface area contributed by atoms with E-state index < -0.39 is 4.92 Å². The van der Waals surface area contributed by atoms with Crippen LogP contribution in [0, 0.1) is 10.1 Å². The molecule has 0 atom stereocenters. The van der Waals surface area contributed by atoms with E-state index in [4.69, 9.17) is 0 Å². The van der Waals surface area contributed by atoms with E-state index in [0.29, 0.717) is 22.3 Å². The van der Waals surface area contributed by atoms with Gasteiger partial charge in [-0.15, -0.1) is 0 Å². The molecule has 4 rings (SSSR count). The van der Waals surface area contributed by atoms with E-state index in [1.54, 1.807) is 23.0 Å². The lowest BCUT2D eigenvalue weighted by Crippen LogP contribution is -2.35. The first-order chi connectivity index (χ1) is 12.6. The molecule has 0 N–H and O–H groups in total. The zero-order valence-electron chi connectivity index (χ0n) is 14.0. The fourth-order valence-corrected chi connectivity index (χ4v) is 3.33. The molecule has 132 valence electrons. The lowest BCUT2D eigenvalue weighted by molar-refractivity contribution is -0.385. The molecule has 0 bridgehead atoms. The van der Waals surface area contributed by atoms with Crippen molar-refractivity contribution in [2.24, 2.45) is 0 Å². The molecule has 4 heterocycles. The predicted octanol–water partition coefficient (Wildman–Crippen LogP) is 2.93. The van der Waals surface area contributed by atoms with Crippen molar-refractivity contribution in [3.8, 4) is 11.3 Å². The number of nitro groups is 1. The van der Waals surface area contributed by atoms with E-state index in [-0.39, 0.29) is 11.6 Å². The number of hydrogen-bond donors (Lipinski definition) is 0. The van der Waals surface area contributed by atoms with Crippen LogP contribution in [0.5, 0.6) is 0 Å². The molecule has 3 aromatic rings. The van der Waals surface area contributed by atoms with Gasteiger partial charge in [0.05, 0.1) is 27.9 Å². The number of likely N-dealkylation sites (tertiary alicyclic amines) is 1. The van der Waals surface area contributed by atoms with E-state index in [2.05, 4.69) is 10.1 Å². The van der Waals surface area contributed by atoms with Crippen molar-refractivity contribution in [2.75, 3.05) is 13.1 Å². The molecule has 1 amide bonds. The van der Waals surface area contributed by atoms with Gasteiger partial charge in [-0.1, -0.05) is 6.07 Å². The first-order valence-electron chi connectivity index (χ1n) is 8.51. The molecule has 26 heavy (non-hydrogen) atoms. The number of carbonyl (C=O) groups excluding carboxylic acids is 1. The van der Waals surface area contributed by atoms with Crippen LogP contribution in [-0.4, -0.2) is 43.4 Å². The monoisotopic (exact) mass is 351 g/mol. The summed E-state index contributed by atoms with van der Waals surface area (Å²) in [4.78, 5) is 29.2. The quantitative estimate of drug-likeness (QED) is 0.534. The average molecular weight is 351 g/mol. The maximum Gasteiger partial charge on any atom is 0.288 e. The summed E-state index contributed by atoms with van der Waals surface area (Å²) in [6.45, 7) is 1.54. The Labute approximate surface area is 149 Å². The Morgan fingerprint density at radius 3 is 2.69 bits per heavy atom. The average Bonchev–Trinajstić information content (AvgIpc) is 3.12. The number of carbonyl (C=O) groups is 1. The van der Waals surface area contributed by atoms with Crippen LogP contribution in [0.4, 0.5) is 5.69 Å². The fourth-order valence-electron chi connectivity index (χ4n) is 3.33. The van der Waals surface area contributed by atoms with Gasteiger partial charge < -0.3 is 4.90 Å². The van der Waals surface area contributed by atoms with Crippen LogP contribution in [0.15, 0.2) is 42.9 Å². The van der Waals surface area contributed by atoms with Gasteiger partial charge in [-0.05, 0) is 31.4 Å². The van der Waals surface area contributed by atoms with Gasteiger partial charge >= 0.3 is 0 Å². The van der Waals surface area contributed by atoms with Crippen molar-refractivity contribution < 1.29 is 9.72 Å². The van der Waals surface area contributed by atoms with E-state index in [1.165, 1.54) is 12.3 Å². The number of pyridine rings is 2. The molecule has 1 aliphatic rings. The third kappa shape index (κ3) is 2.79. The predicted molar refractivity (Wildman–Crippen MR) is 94.8 cm³/mol. The van der Waals surface area contributed by atoms with Crippen LogP contribution in [-0.2, 0) is 0 Å². The van der Waals surface area contributed by atoms with Crippen LogP contribution < -0.4 is 0 Å². The summed E-state index contributed by atoms with van der Waals surface area (Å²) in [5, 5.41) is 15.4. The molecule has 0 spiro atoms. The second-order valence-corrected chi connectivity index (χ2v) is 6.31. The number of amides is 1. The van der Waals surface area contributed by atoms with Crippen LogP contribution in [0.1, 0.15) is 29.6 Å². The van der Waals surface area contributed by atoms with Crippen molar-refractivity contribution >= 4 is 17.1 Å². The maximum absolute atomic E-state index is 12.8. The Bertz CT molecular complexity index is 991. The van der Waals surface area contributed by atoms with Crippen molar-refractivity contribution in [3.63, 3.8) is 0 Å². The zero-order valence-corrected chi connectivity index (χ0v) is 14.0. The number of aromatic nitrogens is 3. The van der Waals surface area contributed by atoms with E-state index >= 15 is 0 Å². The summed E-state index contributed by atoms with van der Waals surface area (Å²) in [5.74, 6) is -0.0194. The minimum absolute atomic E-state index is 0.0194. The standard InChI is InChI=1S/C18H17N5O3/c24-18(21-7-2-1-3-8-21)15-12-20-22-16(5-4-6-17(15)22)13-9-14(23(25)26)11-19-10-13/h4-6,9-12H,1-3,7-8H2. The highest BCUT2D eigenvalue weighted by Crippen LogP contribution is 2.25. The second kappa shape index (κ2) is 6.55. The van der Waals surface area contributed by atoms with Gasteiger partial charge in [0.2, 0.25) is 0 Å². The molecule has 0 radical (unpaired) electrons. The van der Waals surface area contributed by atoms with Crippen LogP contribution >= 0.6 is 0 Å². The Morgan fingerprint density at radius 2 is 1.92 bits per heavy atom. The molecule has 1 aliphatic heterocycles. The third-order valence-electron chi connectivity index (χ3n) is 4.65. The Kier molecular flexibility index (Phi) is 4.08. The highest BCUT2D eigenvalue weighted by Gasteiger charge is 2.22. The van der Waals surface area contributed by atoms with Crippen LogP contribution in [0.25, 0.3) is 16.8 Å². The van der Waals surface area contributed by atoms with Gasteiger partial charge in [-0.3, -0.25) is 19.9 Å². The first kappa shape index (κ1) is 16.2. The third-order valence-corrected chi connectivity index (χ3v) is 4.65. The van der Waals surface area contributed by atoms with Crippen LogP contribution in [0.2, 0.25) is 0 Å². The molecular weight excluding hydrogens is 334 g/mol. The van der Waals surface area contributed by atoms with Gasteiger partial charge in [-0.25, -0.2) is 4.52 Å². The summed E-state index contributed by atoms with van der Waals surface area (Å²) >= 11 is 0. The number of piperidine rings is 1. The minimum atomic E-state index is -0.481. The first-order valence-corrected chi connectivity index (χ1v) is 8.51. The zero-order chi connectivity index (χ0) is 18.1. The Morgan fingerprint density at radius 1 is 1.12 bits per heavy atom. The van der Waals surface area contributed by atoms with Crippen LogP contribution in [0.3, 0.4) is 0 Å². The smallest absolute Gasteiger partial charge is 0.288 e. The maximum atomic E-state index is 12.8. The number of fused-ring (bicyclic) bond motifs is 1. The number of nitrogens with zero attached hydrogens (tertiary/aromatic N) is 5. The molecule has 1 saturated heterocycles. The molecular formula is C18H17N5O3. The fraction of sp³-hybridized carbons (Fsp3) is 0.278. The molecule has 0 aliphatic carbocycles. The molecule has 3 aromatic heterocycles. The minimum Gasteiger partial charge on any atom is -0.339 e. The molecule has 8 heteroatoms. The van der Waals surface area contributed by atoms with Crippen molar-refractivity contribution in [3.05, 3.63) is 58.5 Å². The lowest BCUT2D eigenvalue weighted by Gasteiger charge is -2.26. The Hall–Kier alpha value is -3.29. The van der Waals surface area contributed by atoms with Gasteiger partial charge in [0, 0.05) is 30.9 Å². The highest BCUT2D eigenvalue weighted by molar-refractivity contribution is 6.01.